The van der Waals surface area contributed by atoms with Gasteiger partial charge in [-0.25, -0.2) is 18.1 Å². The fourth-order valence-corrected chi connectivity index (χ4v) is 5.46. The summed E-state index contributed by atoms with van der Waals surface area (Å²) in [6.07, 6.45) is -0.186. The summed E-state index contributed by atoms with van der Waals surface area (Å²) in [6.45, 7) is 3.16. The molecular formula is C19H20ClN3O3S2. The Morgan fingerprint density at radius 3 is 2.89 bits per heavy atom. The third kappa shape index (κ3) is 4.71. The maximum absolute atomic E-state index is 12.7. The average Bonchev–Trinajstić information content (AvgIpc) is 3.07. The van der Waals surface area contributed by atoms with Gasteiger partial charge in [0.1, 0.15) is 0 Å². The van der Waals surface area contributed by atoms with Crippen LogP contribution in [0.3, 0.4) is 0 Å². The van der Waals surface area contributed by atoms with Gasteiger partial charge in [-0.05, 0) is 23.8 Å². The average molecular weight is 438 g/mol. The predicted octanol–water partition coefficient (Wildman–Crippen LogP) is 3.13. The molecule has 3 aromatic rings. The molecule has 1 aromatic heterocycles. The zero-order valence-corrected chi connectivity index (χ0v) is 17.4. The van der Waals surface area contributed by atoms with Crippen molar-refractivity contribution in [1.29, 1.82) is 0 Å². The minimum Gasteiger partial charge on any atom is -0.374 e. The fraction of sp³-hybridized carbons (Fsp3) is 0.316. The lowest BCUT2D eigenvalue weighted by Gasteiger charge is -2.33. The van der Waals surface area contributed by atoms with Crippen LogP contribution >= 0.6 is 22.9 Å². The molecule has 1 aliphatic heterocycles. The predicted molar refractivity (Wildman–Crippen MR) is 111 cm³/mol. The van der Waals surface area contributed by atoms with E-state index < -0.39 is 10.0 Å². The largest absolute Gasteiger partial charge is 0.374 e. The van der Waals surface area contributed by atoms with Gasteiger partial charge in [0.15, 0.2) is 4.47 Å². The molecule has 1 N–H and O–H groups in total. The minimum atomic E-state index is -3.63. The molecule has 1 fully saturated rings. The van der Waals surface area contributed by atoms with Gasteiger partial charge in [0.2, 0.25) is 10.0 Å². The highest BCUT2D eigenvalue weighted by Crippen LogP contribution is 2.27. The Balaban J connectivity index is 1.38. The number of nitrogens with zero attached hydrogens (tertiary/aromatic N) is 2. The first-order chi connectivity index (χ1) is 13.5. The van der Waals surface area contributed by atoms with Crippen LogP contribution < -0.4 is 4.72 Å². The number of halogens is 1. The molecule has 4 rings (SSSR count). The topological polar surface area (TPSA) is 71.5 Å². The maximum Gasteiger partial charge on any atom is 0.240 e. The van der Waals surface area contributed by atoms with E-state index in [4.69, 9.17) is 16.3 Å². The van der Waals surface area contributed by atoms with E-state index in [2.05, 4.69) is 26.7 Å². The van der Waals surface area contributed by atoms with Crippen LogP contribution in [0.25, 0.3) is 10.2 Å². The molecule has 1 aliphatic rings. The van der Waals surface area contributed by atoms with Gasteiger partial charge >= 0.3 is 0 Å². The lowest BCUT2D eigenvalue weighted by atomic mass is 10.2. The van der Waals surface area contributed by atoms with E-state index in [-0.39, 0.29) is 17.5 Å². The molecular weight excluding hydrogens is 418 g/mol. The van der Waals surface area contributed by atoms with Crippen LogP contribution in [0, 0.1) is 0 Å². The monoisotopic (exact) mass is 437 g/mol. The van der Waals surface area contributed by atoms with Crippen molar-refractivity contribution in [1.82, 2.24) is 14.6 Å². The standard InChI is InChI=1S/C19H20ClN3O3S2/c20-19-22-17-7-6-16(10-18(17)27-19)28(24,25)21-11-15-13-23(8-9-26-15)12-14-4-2-1-3-5-14/h1-7,10,15,21H,8-9,11-13H2/t15-/m1/s1. The van der Waals surface area contributed by atoms with E-state index in [1.807, 2.05) is 18.2 Å². The van der Waals surface area contributed by atoms with Crippen molar-refractivity contribution in [3.05, 3.63) is 58.6 Å². The number of hydrogen-bond donors (Lipinski definition) is 1. The highest BCUT2D eigenvalue weighted by Gasteiger charge is 2.23. The van der Waals surface area contributed by atoms with Crippen molar-refractivity contribution in [3.8, 4) is 0 Å². The first kappa shape index (κ1) is 19.8. The van der Waals surface area contributed by atoms with E-state index in [1.54, 1.807) is 18.2 Å². The van der Waals surface area contributed by atoms with Crippen molar-refractivity contribution >= 4 is 43.2 Å². The summed E-state index contributed by atoms with van der Waals surface area (Å²) in [5, 5.41) is 0. The van der Waals surface area contributed by atoms with Gasteiger partial charge in [-0.1, -0.05) is 41.9 Å². The summed E-state index contributed by atoms with van der Waals surface area (Å²) in [5.41, 5.74) is 1.93. The number of sulfonamides is 1. The third-order valence-electron chi connectivity index (χ3n) is 4.62. The summed E-state index contributed by atoms with van der Waals surface area (Å²) >= 11 is 7.17. The second-order valence-electron chi connectivity index (χ2n) is 6.66. The van der Waals surface area contributed by atoms with E-state index in [0.717, 1.165) is 17.8 Å². The van der Waals surface area contributed by atoms with Crippen LogP contribution in [0.1, 0.15) is 5.56 Å². The SMILES string of the molecule is O=S(=O)(NC[C@@H]1CN(Cc2ccccc2)CCO1)c1ccc2nc(Cl)sc2c1. The van der Waals surface area contributed by atoms with Gasteiger partial charge in [-0.3, -0.25) is 4.90 Å². The van der Waals surface area contributed by atoms with Crippen molar-refractivity contribution < 1.29 is 13.2 Å². The summed E-state index contributed by atoms with van der Waals surface area (Å²) in [4.78, 5) is 6.63. The second-order valence-corrected chi connectivity index (χ2v) is 10.0. The number of benzene rings is 2. The molecule has 2 aromatic carbocycles. The molecule has 0 aliphatic carbocycles. The number of hydrogen-bond acceptors (Lipinski definition) is 6. The van der Waals surface area contributed by atoms with Gasteiger partial charge in [0, 0.05) is 26.2 Å². The first-order valence-corrected chi connectivity index (χ1v) is 11.6. The number of nitrogens with one attached hydrogen (secondary N) is 1. The molecule has 1 saturated heterocycles. The zero-order valence-electron chi connectivity index (χ0n) is 15.0. The third-order valence-corrected chi connectivity index (χ3v) is 7.16. The minimum absolute atomic E-state index is 0.186. The molecule has 0 unspecified atom stereocenters. The van der Waals surface area contributed by atoms with E-state index in [0.29, 0.717) is 23.1 Å². The second kappa shape index (κ2) is 8.44. The number of morpholine rings is 1. The van der Waals surface area contributed by atoms with Gasteiger partial charge in [0.25, 0.3) is 0 Å². The number of aromatic nitrogens is 1. The van der Waals surface area contributed by atoms with Crippen LogP contribution in [0.5, 0.6) is 0 Å². The van der Waals surface area contributed by atoms with Crippen LogP contribution in [-0.2, 0) is 21.3 Å². The number of thiazole rings is 1. The lowest BCUT2D eigenvalue weighted by Crippen LogP contribution is -2.47. The maximum atomic E-state index is 12.7. The van der Waals surface area contributed by atoms with Crippen LogP contribution in [-0.4, -0.2) is 50.6 Å². The smallest absolute Gasteiger partial charge is 0.240 e. The number of fused-ring (bicyclic) bond motifs is 1. The van der Waals surface area contributed by atoms with E-state index in [1.165, 1.54) is 16.9 Å². The highest BCUT2D eigenvalue weighted by molar-refractivity contribution is 7.89. The van der Waals surface area contributed by atoms with Gasteiger partial charge in [0.05, 0.1) is 27.8 Å². The summed E-state index contributed by atoms with van der Waals surface area (Å²) in [5.74, 6) is 0. The van der Waals surface area contributed by atoms with Gasteiger partial charge in [-0.2, -0.15) is 0 Å². The Morgan fingerprint density at radius 1 is 1.25 bits per heavy atom. The van der Waals surface area contributed by atoms with E-state index >= 15 is 0 Å². The van der Waals surface area contributed by atoms with Crippen molar-refractivity contribution in [2.45, 2.75) is 17.5 Å². The van der Waals surface area contributed by atoms with Crippen LogP contribution in [0.4, 0.5) is 0 Å². The summed E-state index contributed by atoms with van der Waals surface area (Å²) in [6, 6.07) is 15.0. The Hall–Kier alpha value is -1.55. The Bertz CT molecular complexity index is 1060. The Labute approximate surface area is 173 Å². The Kier molecular flexibility index (Phi) is 5.96. The molecule has 0 bridgehead atoms. The molecule has 0 radical (unpaired) electrons. The molecule has 0 saturated carbocycles. The molecule has 28 heavy (non-hydrogen) atoms. The number of rotatable bonds is 6. The van der Waals surface area contributed by atoms with Crippen LogP contribution in [0.2, 0.25) is 4.47 Å². The molecule has 1 atom stereocenters. The van der Waals surface area contributed by atoms with Gasteiger partial charge in [-0.15, -0.1) is 11.3 Å². The Morgan fingerprint density at radius 2 is 2.07 bits per heavy atom. The van der Waals surface area contributed by atoms with Crippen LogP contribution in [0.15, 0.2) is 53.4 Å². The molecule has 0 spiro atoms. The molecule has 0 amide bonds. The van der Waals surface area contributed by atoms with Crippen molar-refractivity contribution in [2.75, 3.05) is 26.2 Å². The first-order valence-electron chi connectivity index (χ1n) is 8.93. The molecule has 6 nitrogen and oxygen atoms in total. The fourth-order valence-electron chi connectivity index (χ4n) is 3.22. The summed E-state index contributed by atoms with van der Waals surface area (Å²) in [7, 11) is -3.63. The molecule has 9 heteroatoms. The lowest BCUT2D eigenvalue weighted by molar-refractivity contribution is -0.0276. The van der Waals surface area contributed by atoms with Gasteiger partial charge < -0.3 is 4.74 Å². The highest BCUT2D eigenvalue weighted by atomic mass is 35.5. The molecule has 2 heterocycles. The molecule has 148 valence electrons. The zero-order chi connectivity index (χ0) is 19.6. The summed E-state index contributed by atoms with van der Waals surface area (Å²) < 4.78 is 34.9. The van der Waals surface area contributed by atoms with Crippen molar-refractivity contribution in [3.63, 3.8) is 0 Å². The van der Waals surface area contributed by atoms with Crippen molar-refractivity contribution in [2.24, 2.45) is 0 Å². The number of ether oxygens (including phenoxy) is 1. The van der Waals surface area contributed by atoms with E-state index in [9.17, 15) is 8.42 Å². The normalized spacial score (nSPS) is 18.5. The quantitative estimate of drug-likeness (QED) is 0.641.